The Balaban J connectivity index is 2.17. The third-order valence-electron chi connectivity index (χ3n) is 3.03. The lowest BCUT2D eigenvalue weighted by Gasteiger charge is -2.21. The van der Waals surface area contributed by atoms with Gasteiger partial charge in [0.2, 0.25) is 0 Å². The van der Waals surface area contributed by atoms with Gasteiger partial charge < -0.3 is 10.4 Å². The quantitative estimate of drug-likeness (QED) is 0.543. The van der Waals surface area contributed by atoms with Crippen LogP contribution >= 0.6 is 0 Å². The van der Waals surface area contributed by atoms with Crippen LogP contribution < -0.4 is 10.6 Å². The summed E-state index contributed by atoms with van der Waals surface area (Å²) in [5.74, 6) is 0. The van der Waals surface area contributed by atoms with Gasteiger partial charge in [-0.25, -0.2) is 0 Å². The first-order chi connectivity index (χ1) is 6.31. The van der Waals surface area contributed by atoms with Crippen LogP contribution in [0.3, 0.4) is 0 Å². The van der Waals surface area contributed by atoms with E-state index in [1.54, 1.807) is 0 Å². The van der Waals surface area contributed by atoms with Gasteiger partial charge in [-0.3, -0.25) is 5.32 Å². The molecule has 3 N–H and O–H groups in total. The van der Waals surface area contributed by atoms with E-state index in [-0.39, 0.29) is 6.17 Å². The van der Waals surface area contributed by atoms with Crippen molar-refractivity contribution in [1.82, 2.24) is 5.32 Å². The molecule has 1 aromatic rings. The maximum absolute atomic E-state index is 10.4. The number of benzene rings is 1. The van der Waals surface area contributed by atoms with Crippen molar-refractivity contribution >= 4 is 5.69 Å². The summed E-state index contributed by atoms with van der Waals surface area (Å²) in [6.45, 7) is 0.877. The largest absolute Gasteiger partial charge is 0.381 e. The van der Waals surface area contributed by atoms with E-state index >= 15 is 0 Å². The van der Waals surface area contributed by atoms with Gasteiger partial charge in [0.15, 0.2) is 0 Å². The number of para-hydroxylation sites is 1. The number of rotatable bonds is 0. The van der Waals surface area contributed by atoms with Gasteiger partial charge in [-0.05, 0) is 12.5 Å². The smallest absolute Gasteiger partial charge is 0.126 e. The van der Waals surface area contributed by atoms with E-state index in [0.29, 0.717) is 0 Å². The number of nitrogens with one attached hydrogen (secondary N) is 2. The van der Waals surface area contributed by atoms with E-state index in [0.717, 1.165) is 24.2 Å². The molecule has 2 aliphatic heterocycles. The highest BCUT2D eigenvalue weighted by molar-refractivity contribution is 5.61. The van der Waals surface area contributed by atoms with Crippen molar-refractivity contribution in [2.45, 2.75) is 18.2 Å². The van der Waals surface area contributed by atoms with Gasteiger partial charge in [-0.1, -0.05) is 18.2 Å². The summed E-state index contributed by atoms with van der Waals surface area (Å²) in [5, 5.41) is 16.9. The minimum atomic E-state index is -0.684. The van der Waals surface area contributed by atoms with Crippen LogP contribution in [-0.2, 0) is 5.60 Å². The minimum Gasteiger partial charge on any atom is -0.381 e. The molecule has 13 heavy (non-hydrogen) atoms. The molecule has 1 fully saturated rings. The van der Waals surface area contributed by atoms with E-state index in [4.69, 9.17) is 0 Å². The maximum atomic E-state index is 10.4. The lowest BCUT2D eigenvalue weighted by molar-refractivity contribution is 0.0409. The monoisotopic (exact) mass is 176 g/mol. The van der Waals surface area contributed by atoms with Crippen molar-refractivity contribution in [2.24, 2.45) is 0 Å². The van der Waals surface area contributed by atoms with Crippen molar-refractivity contribution in [1.29, 1.82) is 0 Å². The molecule has 68 valence electrons. The van der Waals surface area contributed by atoms with Gasteiger partial charge in [-0.15, -0.1) is 0 Å². The van der Waals surface area contributed by atoms with E-state index in [1.165, 1.54) is 0 Å². The Morgan fingerprint density at radius 2 is 2.23 bits per heavy atom. The molecule has 1 aromatic carbocycles. The summed E-state index contributed by atoms with van der Waals surface area (Å²) in [4.78, 5) is 0. The molecule has 0 bridgehead atoms. The molecule has 0 aliphatic carbocycles. The molecule has 3 nitrogen and oxygen atoms in total. The van der Waals surface area contributed by atoms with Crippen molar-refractivity contribution in [2.75, 3.05) is 11.9 Å². The van der Waals surface area contributed by atoms with Gasteiger partial charge in [0.05, 0.1) is 0 Å². The summed E-state index contributed by atoms with van der Waals surface area (Å²) < 4.78 is 0. The molecule has 0 aromatic heterocycles. The first-order valence-corrected chi connectivity index (χ1v) is 4.62. The van der Waals surface area contributed by atoms with Crippen LogP contribution in [0.2, 0.25) is 0 Å². The number of hydrogen-bond donors (Lipinski definition) is 3. The molecule has 1 saturated heterocycles. The van der Waals surface area contributed by atoms with Crippen molar-refractivity contribution < 1.29 is 5.11 Å². The molecule has 0 amide bonds. The maximum Gasteiger partial charge on any atom is 0.126 e. The van der Waals surface area contributed by atoms with Crippen molar-refractivity contribution in [3.05, 3.63) is 29.8 Å². The van der Waals surface area contributed by atoms with Crippen LogP contribution in [0.1, 0.15) is 12.0 Å². The Hall–Kier alpha value is -1.06. The summed E-state index contributed by atoms with van der Waals surface area (Å²) in [7, 11) is 0. The molecular weight excluding hydrogens is 164 g/mol. The van der Waals surface area contributed by atoms with Crippen LogP contribution in [0.25, 0.3) is 0 Å². The summed E-state index contributed by atoms with van der Waals surface area (Å²) in [6, 6.07) is 7.96. The number of hydrogen-bond acceptors (Lipinski definition) is 3. The van der Waals surface area contributed by atoms with Gasteiger partial charge in [-0.2, -0.15) is 0 Å². The lowest BCUT2D eigenvalue weighted by atomic mass is 9.93. The molecule has 3 heteroatoms. The van der Waals surface area contributed by atoms with Crippen LogP contribution in [-0.4, -0.2) is 17.8 Å². The zero-order valence-electron chi connectivity index (χ0n) is 7.25. The van der Waals surface area contributed by atoms with Crippen molar-refractivity contribution in [3.63, 3.8) is 0 Å². The topological polar surface area (TPSA) is 44.3 Å². The second-order valence-corrected chi connectivity index (χ2v) is 3.75. The Labute approximate surface area is 76.8 Å². The van der Waals surface area contributed by atoms with Crippen LogP contribution in [0.15, 0.2) is 24.3 Å². The standard InChI is InChI=1S/C10H12N2O/c13-10-5-6-11-9(10)12-8-4-2-1-3-7(8)10/h1-4,9,11-13H,5-6H2. The predicted molar refractivity (Wildman–Crippen MR) is 50.4 cm³/mol. The third kappa shape index (κ3) is 0.806. The van der Waals surface area contributed by atoms with E-state index in [9.17, 15) is 5.11 Å². The molecule has 0 spiro atoms. The highest BCUT2D eigenvalue weighted by atomic mass is 16.3. The van der Waals surface area contributed by atoms with Gasteiger partial charge in [0, 0.05) is 17.8 Å². The average Bonchev–Trinajstić information content (AvgIpc) is 2.60. The average molecular weight is 176 g/mol. The van der Waals surface area contributed by atoms with E-state index in [2.05, 4.69) is 10.6 Å². The second-order valence-electron chi connectivity index (χ2n) is 3.75. The van der Waals surface area contributed by atoms with Crippen molar-refractivity contribution in [3.8, 4) is 0 Å². The van der Waals surface area contributed by atoms with Gasteiger partial charge in [0.25, 0.3) is 0 Å². The number of aliphatic hydroxyl groups is 1. The highest BCUT2D eigenvalue weighted by Gasteiger charge is 2.48. The Morgan fingerprint density at radius 3 is 3.15 bits per heavy atom. The van der Waals surface area contributed by atoms with E-state index < -0.39 is 5.60 Å². The van der Waals surface area contributed by atoms with Crippen LogP contribution in [0.5, 0.6) is 0 Å². The number of fused-ring (bicyclic) bond motifs is 3. The summed E-state index contributed by atoms with van der Waals surface area (Å²) in [5.41, 5.74) is 1.41. The SMILES string of the molecule is OC12CCNC1Nc1ccccc12. The zero-order chi connectivity index (χ0) is 8.89. The predicted octanol–water partition coefficient (Wildman–Crippen LogP) is 0.619. The molecular formula is C10H12N2O. The fourth-order valence-electron chi connectivity index (χ4n) is 2.32. The van der Waals surface area contributed by atoms with Crippen LogP contribution in [0.4, 0.5) is 5.69 Å². The van der Waals surface area contributed by atoms with Gasteiger partial charge >= 0.3 is 0 Å². The lowest BCUT2D eigenvalue weighted by Crippen LogP contribution is -2.40. The second kappa shape index (κ2) is 2.25. The Bertz CT molecular complexity index is 353. The van der Waals surface area contributed by atoms with Crippen LogP contribution in [0, 0.1) is 0 Å². The highest BCUT2D eigenvalue weighted by Crippen LogP contribution is 2.42. The third-order valence-corrected chi connectivity index (χ3v) is 3.03. The molecule has 2 atom stereocenters. The molecule has 2 unspecified atom stereocenters. The zero-order valence-corrected chi connectivity index (χ0v) is 7.25. The molecule has 0 radical (unpaired) electrons. The fraction of sp³-hybridized carbons (Fsp3) is 0.400. The molecule has 3 rings (SSSR count). The Morgan fingerprint density at radius 1 is 1.38 bits per heavy atom. The van der Waals surface area contributed by atoms with Gasteiger partial charge in [0.1, 0.15) is 11.8 Å². The number of anilines is 1. The van der Waals surface area contributed by atoms with E-state index in [1.807, 2.05) is 24.3 Å². The summed E-state index contributed by atoms with van der Waals surface area (Å²) >= 11 is 0. The molecule has 2 heterocycles. The molecule has 0 saturated carbocycles. The first kappa shape index (κ1) is 7.35. The molecule has 2 aliphatic rings. The normalized spacial score (nSPS) is 35.3. The first-order valence-electron chi connectivity index (χ1n) is 4.62. The summed E-state index contributed by atoms with van der Waals surface area (Å²) in [6.07, 6.45) is 0.798. The fourth-order valence-corrected chi connectivity index (χ4v) is 2.32. The minimum absolute atomic E-state index is 0.00454. The Kier molecular flexibility index (Phi) is 1.27.